The van der Waals surface area contributed by atoms with Crippen LogP contribution in [0.15, 0.2) is 77.9 Å². The molecule has 0 atom stereocenters. The fourth-order valence-electron chi connectivity index (χ4n) is 4.55. The first-order valence-corrected chi connectivity index (χ1v) is 10.6. The van der Waals surface area contributed by atoms with Crippen molar-refractivity contribution in [2.24, 2.45) is 5.10 Å². The summed E-state index contributed by atoms with van der Waals surface area (Å²) in [7, 11) is 0. The van der Waals surface area contributed by atoms with Gasteiger partial charge < -0.3 is 0 Å². The highest BCUT2D eigenvalue weighted by Gasteiger charge is 2.33. The predicted octanol–water partition coefficient (Wildman–Crippen LogP) is 5.45. The number of hydrogen-bond acceptors (Lipinski definition) is 3. The van der Waals surface area contributed by atoms with E-state index in [2.05, 4.69) is 65.4 Å². The van der Waals surface area contributed by atoms with Crippen molar-refractivity contribution in [2.75, 3.05) is 26.2 Å². The van der Waals surface area contributed by atoms with Crippen LogP contribution in [0.25, 0.3) is 11.1 Å². The second kappa shape index (κ2) is 7.66. The van der Waals surface area contributed by atoms with Crippen LogP contribution in [0.3, 0.4) is 0 Å². The van der Waals surface area contributed by atoms with Crippen LogP contribution in [0.5, 0.6) is 0 Å². The number of nitrogens with zero attached hydrogens (tertiary/aromatic N) is 3. The summed E-state index contributed by atoms with van der Waals surface area (Å²) in [6.45, 7) is 5.95. The van der Waals surface area contributed by atoms with E-state index in [-0.39, 0.29) is 0 Å². The van der Waals surface area contributed by atoms with E-state index in [4.69, 9.17) is 16.7 Å². The number of fused-ring (bicyclic) bond motifs is 3. The summed E-state index contributed by atoms with van der Waals surface area (Å²) in [5, 5.41) is 7.82. The fourth-order valence-corrected chi connectivity index (χ4v) is 4.68. The monoisotopic (exact) mass is 401 g/mol. The van der Waals surface area contributed by atoms with Gasteiger partial charge in [0.05, 0.1) is 11.8 Å². The summed E-state index contributed by atoms with van der Waals surface area (Å²) in [5.41, 5.74) is 7.78. The Morgan fingerprint density at radius 1 is 0.793 bits per heavy atom. The van der Waals surface area contributed by atoms with Crippen LogP contribution >= 0.6 is 11.6 Å². The molecule has 1 aliphatic heterocycles. The minimum absolute atomic E-state index is 0.353. The first-order valence-electron chi connectivity index (χ1n) is 10.2. The van der Waals surface area contributed by atoms with E-state index >= 15 is 0 Å². The lowest BCUT2D eigenvalue weighted by molar-refractivity contribution is 0.114. The fraction of sp³-hybridized carbons (Fsp3) is 0.240. The zero-order chi connectivity index (χ0) is 19.8. The van der Waals surface area contributed by atoms with Crippen LogP contribution in [0.1, 0.15) is 29.7 Å². The molecule has 1 fully saturated rings. The van der Waals surface area contributed by atoms with Gasteiger partial charge >= 0.3 is 0 Å². The summed E-state index contributed by atoms with van der Waals surface area (Å²) < 4.78 is 0. The van der Waals surface area contributed by atoms with E-state index in [1.807, 2.05) is 24.3 Å². The van der Waals surface area contributed by atoms with Crippen LogP contribution in [0, 0.1) is 0 Å². The molecule has 0 radical (unpaired) electrons. The van der Waals surface area contributed by atoms with Crippen LogP contribution in [-0.2, 0) is 0 Å². The molecule has 1 aliphatic carbocycles. The average molecular weight is 402 g/mol. The van der Waals surface area contributed by atoms with E-state index in [0.29, 0.717) is 6.04 Å². The maximum atomic E-state index is 6.00. The quantitative estimate of drug-likeness (QED) is 0.543. The second-order valence-corrected chi connectivity index (χ2v) is 8.20. The van der Waals surface area contributed by atoms with E-state index < -0.39 is 0 Å². The Labute approximate surface area is 177 Å². The minimum Gasteiger partial charge on any atom is -0.294 e. The molecular formula is C25H24ClN3. The molecule has 0 aromatic heterocycles. The smallest absolute Gasteiger partial charge is 0.0646 e. The summed E-state index contributed by atoms with van der Waals surface area (Å²) in [5.74, 6) is 0. The number of hydrogen-bond donors (Lipinski definition) is 0. The minimum atomic E-state index is 0.353. The zero-order valence-electron chi connectivity index (χ0n) is 16.6. The molecule has 0 spiro atoms. The molecular weight excluding hydrogens is 378 g/mol. The van der Waals surface area contributed by atoms with Crippen molar-refractivity contribution in [2.45, 2.75) is 13.0 Å². The van der Waals surface area contributed by atoms with Crippen molar-refractivity contribution >= 4 is 17.3 Å². The first-order chi connectivity index (χ1) is 14.2. The zero-order valence-corrected chi connectivity index (χ0v) is 17.3. The number of hydrazone groups is 1. The Morgan fingerprint density at radius 2 is 1.34 bits per heavy atom. The highest BCUT2D eigenvalue weighted by Crippen LogP contribution is 2.46. The third-order valence-electron chi connectivity index (χ3n) is 6.01. The van der Waals surface area contributed by atoms with E-state index in [1.165, 1.54) is 22.3 Å². The molecule has 0 amide bonds. The van der Waals surface area contributed by atoms with Gasteiger partial charge in [-0.05, 0) is 46.9 Å². The molecule has 2 aliphatic rings. The Balaban J connectivity index is 1.33. The van der Waals surface area contributed by atoms with Crippen LogP contribution in [0.2, 0.25) is 5.02 Å². The third kappa shape index (κ3) is 3.45. The number of benzene rings is 3. The SMILES string of the molecule is CC(=NN1CCN(C2c3ccccc3-c3ccccc32)CC1)c1ccc(Cl)cc1. The lowest BCUT2D eigenvalue weighted by Gasteiger charge is -2.37. The van der Waals surface area contributed by atoms with E-state index in [1.54, 1.807) is 0 Å². The second-order valence-electron chi connectivity index (χ2n) is 7.76. The normalized spacial score (nSPS) is 17.3. The van der Waals surface area contributed by atoms with Gasteiger partial charge in [0, 0.05) is 31.2 Å². The molecule has 4 heteroatoms. The topological polar surface area (TPSA) is 18.8 Å². The van der Waals surface area contributed by atoms with Gasteiger partial charge in [-0.25, -0.2) is 0 Å². The van der Waals surface area contributed by atoms with Crippen molar-refractivity contribution in [1.82, 2.24) is 9.91 Å². The third-order valence-corrected chi connectivity index (χ3v) is 6.26. The van der Waals surface area contributed by atoms with Gasteiger partial charge in [0.25, 0.3) is 0 Å². The van der Waals surface area contributed by atoms with E-state index in [0.717, 1.165) is 42.5 Å². The molecule has 0 N–H and O–H groups in total. The molecule has 29 heavy (non-hydrogen) atoms. The van der Waals surface area contributed by atoms with Crippen molar-refractivity contribution in [3.8, 4) is 11.1 Å². The van der Waals surface area contributed by atoms with Crippen molar-refractivity contribution in [3.63, 3.8) is 0 Å². The van der Waals surface area contributed by atoms with Gasteiger partial charge in [-0.15, -0.1) is 0 Å². The average Bonchev–Trinajstić information content (AvgIpc) is 3.09. The highest BCUT2D eigenvalue weighted by atomic mass is 35.5. The van der Waals surface area contributed by atoms with Gasteiger partial charge in [-0.2, -0.15) is 5.10 Å². The summed E-state index contributed by atoms with van der Waals surface area (Å²) >= 11 is 6.00. The maximum absolute atomic E-state index is 6.00. The first kappa shape index (κ1) is 18.4. The molecule has 5 rings (SSSR count). The molecule has 1 heterocycles. The number of piperazine rings is 1. The van der Waals surface area contributed by atoms with Gasteiger partial charge in [0.1, 0.15) is 0 Å². The molecule has 0 bridgehead atoms. The largest absolute Gasteiger partial charge is 0.294 e. The number of halogens is 1. The van der Waals surface area contributed by atoms with E-state index in [9.17, 15) is 0 Å². The lowest BCUT2D eigenvalue weighted by Crippen LogP contribution is -2.45. The standard InChI is InChI=1S/C25H24ClN3/c1-18(19-10-12-20(26)13-11-19)27-29-16-14-28(15-17-29)25-23-8-4-2-6-21(23)22-7-3-5-9-24(22)25/h2-13,25H,14-17H2,1H3. The Bertz CT molecular complexity index is 1000. The molecule has 3 nitrogen and oxygen atoms in total. The molecule has 0 saturated carbocycles. The van der Waals surface area contributed by atoms with Gasteiger partial charge in [-0.1, -0.05) is 72.3 Å². The van der Waals surface area contributed by atoms with Crippen molar-refractivity contribution in [1.29, 1.82) is 0 Å². The van der Waals surface area contributed by atoms with Crippen LogP contribution in [0.4, 0.5) is 0 Å². The summed E-state index contributed by atoms with van der Waals surface area (Å²) in [6, 6.07) is 25.9. The van der Waals surface area contributed by atoms with Crippen molar-refractivity contribution in [3.05, 3.63) is 94.5 Å². The van der Waals surface area contributed by atoms with Crippen molar-refractivity contribution < 1.29 is 0 Å². The predicted molar refractivity (Wildman–Crippen MR) is 121 cm³/mol. The number of rotatable bonds is 3. The maximum Gasteiger partial charge on any atom is 0.0646 e. The van der Waals surface area contributed by atoms with Gasteiger partial charge in [-0.3, -0.25) is 9.91 Å². The molecule has 146 valence electrons. The lowest BCUT2D eigenvalue weighted by atomic mass is 10.0. The molecule has 0 unspecified atom stereocenters. The molecule has 1 saturated heterocycles. The summed E-state index contributed by atoms with van der Waals surface area (Å²) in [6.07, 6.45) is 0. The highest BCUT2D eigenvalue weighted by molar-refractivity contribution is 6.30. The summed E-state index contributed by atoms with van der Waals surface area (Å²) in [4.78, 5) is 2.61. The van der Waals surface area contributed by atoms with Gasteiger partial charge in [0.2, 0.25) is 0 Å². The molecule has 3 aromatic rings. The molecule has 3 aromatic carbocycles. The Kier molecular flexibility index (Phi) is 4.86. The van der Waals surface area contributed by atoms with Gasteiger partial charge in [0.15, 0.2) is 0 Å². The Hall–Kier alpha value is -2.62. The van der Waals surface area contributed by atoms with Crippen LogP contribution in [-0.4, -0.2) is 41.8 Å². The Morgan fingerprint density at radius 3 is 1.93 bits per heavy atom. The van der Waals surface area contributed by atoms with Crippen LogP contribution < -0.4 is 0 Å².